The molecule has 0 unspecified atom stereocenters. The Bertz CT molecular complexity index is 1010. The molecule has 0 saturated heterocycles. The van der Waals surface area contributed by atoms with E-state index in [2.05, 4.69) is 68.4 Å². The summed E-state index contributed by atoms with van der Waals surface area (Å²) >= 11 is 0. The highest BCUT2D eigenvalue weighted by Crippen LogP contribution is 2.39. The van der Waals surface area contributed by atoms with E-state index in [1.165, 1.54) is 73.6 Å². The standard InChI is InChI=1S/C33H41F/c1-3-5-6-7-26-14-18-29(19-15-26)31-22-23-32(33(34)24-31)30-20-16-28(17-21-30)13-12-27-10-8-25(4-2)9-11-27/h8-11,16-17,20-24,26,29H,3-7,12-15,18-19H2,1-2H3/t26-,29-. The summed E-state index contributed by atoms with van der Waals surface area (Å²) in [6.45, 7) is 4.46. The molecule has 3 aromatic carbocycles. The summed E-state index contributed by atoms with van der Waals surface area (Å²) in [5.74, 6) is 1.34. The Morgan fingerprint density at radius 3 is 1.91 bits per heavy atom. The van der Waals surface area contributed by atoms with Crippen LogP contribution in [-0.4, -0.2) is 0 Å². The third-order valence-corrected chi connectivity index (χ3v) is 7.93. The highest BCUT2D eigenvalue weighted by molar-refractivity contribution is 5.65. The van der Waals surface area contributed by atoms with Gasteiger partial charge in [0, 0.05) is 5.56 Å². The van der Waals surface area contributed by atoms with Crippen LogP contribution in [0.15, 0.2) is 66.7 Å². The van der Waals surface area contributed by atoms with Crippen molar-refractivity contribution in [1.29, 1.82) is 0 Å². The minimum absolute atomic E-state index is 0.0775. The molecule has 0 amide bonds. The minimum Gasteiger partial charge on any atom is -0.206 e. The second-order valence-electron chi connectivity index (χ2n) is 10.3. The Hall–Kier alpha value is -2.41. The molecule has 0 nitrogen and oxygen atoms in total. The van der Waals surface area contributed by atoms with Crippen molar-refractivity contribution in [2.45, 2.75) is 90.4 Å². The van der Waals surface area contributed by atoms with Crippen molar-refractivity contribution in [3.05, 3.63) is 94.8 Å². The maximum atomic E-state index is 15.1. The number of unbranched alkanes of at least 4 members (excludes halogenated alkanes) is 2. The van der Waals surface area contributed by atoms with E-state index in [1.807, 2.05) is 12.1 Å². The van der Waals surface area contributed by atoms with Crippen molar-refractivity contribution >= 4 is 0 Å². The lowest BCUT2D eigenvalue weighted by atomic mass is 9.77. The Kier molecular flexibility index (Phi) is 8.97. The SMILES string of the molecule is CCCCC[C@H]1CC[C@H](c2ccc(-c3ccc(CCc4ccc(CC)cc4)cc3)c(F)c2)CC1. The summed E-state index contributed by atoms with van der Waals surface area (Å²) in [6, 6.07) is 23.4. The van der Waals surface area contributed by atoms with Gasteiger partial charge in [-0.3, -0.25) is 0 Å². The topological polar surface area (TPSA) is 0 Å². The predicted molar refractivity (Wildman–Crippen MR) is 144 cm³/mol. The first kappa shape index (κ1) is 24.7. The Morgan fingerprint density at radius 2 is 1.32 bits per heavy atom. The van der Waals surface area contributed by atoms with Crippen LogP contribution in [0.25, 0.3) is 11.1 Å². The van der Waals surface area contributed by atoms with E-state index < -0.39 is 0 Å². The average molecular weight is 457 g/mol. The minimum atomic E-state index is -0.0775. The maximum absolute atomic E-state index is 15.1. The fraction of sp³-hybridized carbons (Fsp3) is 0.455. The molecule has 0 bridgehead atoms. The Labute approximate surface area is 206 Å². The van der Waals surface area contributed by atoms with E-state index in [0.717, 1.165) is 36.3 Å². The molecule has 34 heavy (non-hydrogen) atoms. The molecule has 3 aromatic rings. The zero-order valence-electron chi connectivity index (χ0n) is 21.2. The average Bonchev–Trinajstić information content (AvgIpc) is 2.89. The number of benzene rings is 3. The Morgan fingerprint density at radius 1 is 0.706 bits per heavy atom. The van der Waals surface area contributed by atoms with Crippen LogP contribution >= 0.6 is 0 Å². The molecule has 0 N–H and O–H groups in total. The van der Waals surface area contributed by atoms with Crippen molar-refractivity contribution in [2.75, 3.05) is 0 Å². The van der Waals surface area contributed by atoms with Crippen LogP contribution in [0.3, 0.4) is 0 Å². The zero-order chi connectivity index (χ0) is 23.8. The second-order valence-corrected chi connectivity index (χ2v) is 10.3. The monoisotopic (exact) mass is 456 g/mol. The molecular weight excluding hydrogens is 415 g/mol. The first-order chi connectivity index (χ1) is 16.7. The van der Waals surface area contributed by atoms with Crippen molar-refractivity contribution in [3.63, 3.8) is 0 Å². The maximum Gasteiger partial charge on any atom is 0.131 e. The quantitative estimate of drug-likeness (QED) is 0.266. The van der Waals surface area contributed by atoms with Crippen LogP contribution < -0.4 is 0 Å². The molecule has 1 aliphatic carbocycles. The van der Waals surface area contributed by atoms with E-state index >= 15 is 4.39 Å². The largest absolute Gasteiger partial charge is 0.206 e. The normalized spacial score (nSPS) is 18.2. The summed E-state index contributed by atoms with van der Waals surface area (Å²) in [6.07, 6.45) is 13.6. The van der Waals surface area contributed by atoms with Gasteiger partial charge in [0.1, 0.15) is 5.82 Å². The van der Waals surface area contributed by atoms with Crippen molar-refractivity contribution in [3.8, 4) is 11.1 Å². The van der Waals surface area contributed by atoms with Crippen LogP contribution in [0.5, 0.6) is 0 Å². The molecule has 0 radical (unpaired) electrons. The summed E-state index contributed by atoms with van der Waals surface area (Å²) in [5.41, 5.74) is 6.95. The van der Waals surface area contributed by atoms with Crippen LogP contribution in [0, 0.1) is 11.7 Å². The van der Waals surface area contributed by atoms with Gasteiger partial charge in [-0.2, -0.15) is 0 Å². The van der Waals surface area contributed by atoms with E-state index in [0.29, 0.717) is 5.92 Å². The third kappa shape index (κ3) is 6.59. The highest BCUT2D eigenvalue weighted by atomic mass is 19.1. The van der Waals surface area contributed by atoms with Gasteiger partial charge in [0.2, 0.25) is 0 Å². The van der Waals surface area contributed by atoms with Gasteiger partial charge in [0.15, 0.2) is 0 Å². The molecule has 1 heteroatoms. The number of hydrogen-bond acceptors (Lipinski definition) is 0. The summed E-state index contributed by atoms with van der Waals surface area (Å²) in [5, 5.41) is 0. The first-order valence-electron chi connectivity index (χ1n) is 13.6. The predicted octanol–water partition coefficient (Wildman–Crippen LogP) is 9.69. The van der Waals surface area contributed by atoms with Gasteiger partial charge in [-0.1, -0.05) is 100 Å². The van der Waals surface area contributed by atoms with Crippen LogP contribution in [0.1, 0.15) is 93.4 Å². The number of hydrogen-bond donors (Lipinski definition) is 0. The number of aryl methyl sites for hydroxylation is 3. The molecule has 4 rings (SSSR count). The molecule has 0 aliphatic heterocycles. The fourth-order valence-electron chi connectivity index (χ4n) is 5.57. The molecular formula is C33H41F. The molecule has 0 heterocycles. The summed E-state index contributed by atoms with van der Waals surface area (Å²) in [4.78, 5) is 0. The van der Waals surface area contributed by atoms with Crippen molar-refractivity contribution in [1.82, 2.24) is 0 Å². The number of halogens is 1. The molecule has 0 atom stereocenters. The van der Waals surface area contributed by atoms with Gasteiger partial charge in [-0.05, 0) is 90.7 Å². The lowest BCUT2D eigenvalue weighted by Crippen LogP contribution is -2.13. The molecule has 180 valence electrons. The third-order valence-electron chi connectivity index (χ3n) is 7.93. The van der Waals surface area contributed by atoms with E-state index in [-0.39, 0.29) is 5.82 Å². The second kappa shape index (κ2) is 12.3. The first-order valence-corrected chi connectivity index (χ1v) is 13.6. The van der Waals surface area contributed by atoms with Gasteiger partial charge in [0.05, 0.1) is 0 Å². The van der Waals surface area contributed by atoms with Gasteiger partial charge >= 0.3 is 0 Å². The van der Waals surface area contributed by atoms with Crippen LogP contribution in [0.2, 0.25) is 0 Å². The van der Waals surface area contributed by atoms with E-state index in [4.69, 9.17) is 0 Å². The lowest BCUT2D eigenvalue weighted by molar-refractivity contribution is 0.302. The smallest absolute Gasteiger partial charge is 0.131 e. The summed E-state index contributed by atoms with van der Waals surface area (Å²) in [7, 11) is 0. The molecule has 0 aromatic heterocycles. The fourth-order valence-corrected chi connectivity index (χ4v) is 5.57. The lowest BCUT2D eigenvalue weighted by Gasteiger charge is -2.29. The van der Waals surface area contributed by atoms with E-state index in [1.54, 1.807) is 0 Å². The van der Waals surface area contributed by atoms with Crippen LogP contribution in [-0.2, 0) is 19.3 Å². The van der Waals surface area contributed by atoms with Gasteiger partial charge in [0.25, 0.3) is 0 Å². The van der Waals surface area contributed by atoms with Crippen molar-refractivity contribution in [2.24, 2.45) is 5.92 Å². The van der Waals surface area contributed by atoms with Crippen LogP contribution in [0.4, 0.5) is 4.39 Å². The van der Waals surface area contributed by atoms with Gasteiger partial charge < -0.3 is 0 Å². The molecule has 0 spiro atoms. The molecule has 1 fully saturated rings. The molecule has 1 saturated carbocycles. The summed E-state index contributed by atoms with van der Waals surface area (Å²) < 4.78 is 15.1. The van der Waals surface area contributed by atoms with Gasteiger partial charge in [-0.25, -0.2) is 4.39 Å². The molecule has 1 aliphatic rings. The van der Waals surface area contributed by atoms with Crippen molar-refractivity contribution < 1.29 is 4.39 Å². The van der Waals surface area contributed by atoms with E-state index in [9.17, 15) is 0 Å². The Balaban J connectivity index is 1.32. The zero-order valence-corrected chi connectivity index (χ0v) is 21.2. The highest BCUT2D eigenvalue weighted by Gasteiger charge is 2.23. The van der Waals surface area contributed by atoms with Gasteiger partial charge in [-0.15, -0.1) is 0 Å². The number of rotatable bonds is 10.